The van der Waals surface area contributed by atoms with E-state index >= 15 is 0 Å². The number of carbonyl (C=O) groups excluding carboxylic acids is 1. The van der Waals surface area contributed by atoms with E-state index < -0.39 is 0 Å². The molecule has 3 rings (SSSR count). The second-order valence-electron chi connectivity index (χ2n) is 7.30. The molecule has 2 aromatic carbocycles. The third-order valence-corrected chi connectivity index (χ3v) is 6.10. The highest BCUT2D eigenvalue weighted by Crippen LogP contribution is 2.47. The molecule has 30 heavy (non-hydrogen) atoms. The quantitative estimate of drug-likeness (QED) is 0.467. The number of hydrogen-bond donors (Lipinski definition) is 2. The number of ketones is 1. The molecule has 0 aromatic heterocycles. The Balaban J connectivity index is 2.06. The monoisotopic (exact) mass is 475 g/mol. The Morgan fingerprint density at radius 3 is 2.63 bits per heavy atom. The zero-order valence-corrected chi connectivity index (χ0v) is 18.8. The molecular weight excluding hydrogens is 450 g/mol. The largest absolute Gasteiger partial charge is 0.507 e. The number of aliphatic hydroxyl groups is 1. The summed E-state index contributed by atoms with van der Waals surface area (Å²) < 4.78 is 11.8. The summed E-state index contributed by atoms with van der Waals surface area (Å²) in [6.07, 6.45) is 3.84. The number of hydrogen-bond acceptors (Lipinski definition) is 6. The maximum Gasteiger partial charge on any atom is 0.193 e. The van der Waals surface area contributed by atoms with E-state index in [0.717, 1.165) is 23.0 Å². The lowest BCUT2D eigenvalue weighted by Crippen LogP contribution is -2.32. The summed E-state index contributed by atoms with van der Waals surface area (Å²) in [6, 6.07) is 9.01. The lowest BCUT2D eigenvalue weighted by atomic mass is 9.87. The molecule has 0 bridgehead atoms. The first-order valence-electron chi connectivity index (χ1n) is 9.68. The maximum atomic E-state index is 13.0. The van der Waals surface area contributed by atoms with Gasteiger partial charge in [0.05, 0.1) is 20.8 Å². The van der Waals surface area contributed by atoms with Crippen LogP contribution in [-0.2, 0) is 0 Å². The minimum atomic E-state index is -0.375. The Hall–Kier alpha value is -2.35. The second-order valence-corrected chi connectivity index (χ2v) is 8.21. The van der Waals surface area contributed by atoms with Gasteiger partial charge in [-0.25, -0.2) is 0 Å². The van der Waals surface area contributed by atoms with Crippen LogP contribution in [0.4, 0.5) is 0 Å². The second kappa shape index (κ2) is 9.64. The Labute approximate surface area is 184 Å². The number of halogens is 1. The molecule has 0 radical (unpaired) electrons. The van der Waals surface area contributed by atoms with Crippen molar-refractivity contribution in [1.29, 1.82) is 0 Å². The van der Waals surface area contributed by atoms with E-state index in [1.807, 2.05) is 36.2 Å². The zero-order valence-electron chi connectivity index (χ0n) is 17.3. The lowest BCUT2D eigenvalue weighted by molar-refractivity contribution is 0.104. The number of rotatable bonds is 7. The van der Waals surface area contributed by atoms with Crippen LogP contribution in [0.25, 0.3) is 6.08 Å². The van der Waals surface area contributed by atoms with Gasteiger partial charge in [0.2, 0.25) is 0 Å². The van der Waals surface area contributed by atoms with Crippen LogP contribution < -0.4 is 9.47 Å². The van der Waals surface area contributed by atoms with Crippen molar-refractivity contribution in [3.63, 3.8) is 0 Å². The van der Waals surface area contributed by atoms with Crippen LogP contribution in [0, 0.1) is 0 Å². The Morgan fingerprint density at radius 1 is 1.27 bits per heavy atom. The first kappa shape index (κ1) is 22.3. The smallest absolute Gasteiger partial charge is 0.193 e. The molecule has 0 spiro atoms. The maximum absolute atomic E-state index is 13.0. The van der Waals surface area contributed by atoms with Crippen molar-refractivity contribution in [2.24, 2.45) is 0 Å². The third-order valence-electron chi connectivity index (χ3n) is 5.61. The van der Waals surface area contributed by atoms with Crippen molar-refractivity contribution >= 4 is 27.8 Å². The number of aliphatic hydroxyl groups excluding tert-OH is 1. The van der Waals surface area contributed by atoms with Crippen LogP contribution in [-0.4, -0.2) is 61.4 Å². The average molecular weight is 476 g/mol. The number of ether oxygens (including phenoxy) is 2. The van der Waals surface area contributed by atoms with Crippen molar-refractivity contribution in [3.05, 3.63) is 57.6 Å². The van der Waals surface area contributed by atoms with Gasteiger partial charge in [0.25, 0.3) is 0 Å². The van der Waals surface area contributed by atoms with Gasteiger partial charge in [0, 0.05) is 28.1 Å². The normalized spacial score (nSPS) is 19.4. The molecule has 1 aliphatic rings. The van der Waals surface area contributed by atoms with Gasteiger partial charge in [0.1, 0.15) is 22.8 Å². The van der Waals surface area contributed by atoms with Crippen molar-refractivity contribution in [2.45, 2.75) is 18.4 Å². The predicted molar refractivity (Wildman–Crippen MR) is 120 cm³/mol. The molecule has 1 saturated heterocycles. The number of phenolic OH excluding ortho intramolecular Hbond substituents is 1. The summed E-state index contributed by atoms with van der Waals surface area (Å²) in [5, 5.41) is 21.0. The minimum absolute atomic E-state index is 0.0537. The number of phenols is 1. The summed E-state index contributed by atoms with van der Waals surface area (Å²) in [5.74, 6) is -0.0186. The summed E-state index contributed by atoms with van der Waals surface area (Å²) in [6.45, 7) is 0.721. The molecule has 6 nitrogen and oxygen atoms in total. The van der Waals surface area contributed by atoms with Crippen LogP contribution >= 0.6 is 15.9 Å². The molecule has 1 heterocycles. The lowest BCUT2D eigenvalue weighted by Gasteiger charge is -2.26. The molecular formula is C23H26BrNO5. The molecule has 0 amide bonds. The average Bonchev–Trinajstić information content (AvgIpc) is 3.11. The summed E-state index contributed by atoms with van der Waals surface area (Å²) in [5.41, 5.74) is 1.47. The van der Waals surface area contributed by atoms with E-state index in [0.29, 0.717) is 11.3 Å². The van der Waals surface area contributed by atoms with Crippen molar-refractivity contribution in [3.8, 4) is 17.2 Å². The van der Waals surface area contributed by atoms with Gasteiger partial charge in [-0.1, -0.05) is 34.1 Å². The summed E-state index contributed by atoms with van der Waals surface area (Å²) in [7, 11) is 4.89. The molecule has 2 atom stereocenters. The fourth-order valence-corrected chi connectivity index (χ4v) is 4.46. The Morgan fingerprint density at radius 2 is 2.00 bits per heavy atom. The fourth-order valence-electron chi connectivity index (χ4n) is 4.04. The SMILES string of the molecule is COc1cc(OC)c(C2CCN(C)C2CO)c(O)c1C(=O)/C=C/c1cccc(Br)c1. The summed E-state index contributed by atoms with van der Waals surface area (Å²) in [4.78, 5) is 15.1. The molecule has 160 valence electrons. The Kier molecular flexibility index (Phi) is 7.18. The standard InChI is InChI=1S/C23H26BrNO5/c1-25-10-9-16(17(25)13-26)21-19(29-2)12-20(30-3)22(23(21)28)18(27)8-7-14-5-4-6-15(24)11-14/h4-8,11-12,16-17,26,28H,9-10,13H2,1-3H3/b8-7+. The highest BCUT2D eigenvalue weighted by Gasteiger charge is 2.37. The van der Waals surface area contributed by atoms with E-state index in [1.165, 1.54) is 20.3 Å². The third kappa shape index (κ3) is 4.38. The van der Waals surface area contributed by atoms with E-state index in [2.05, 4.69) is 15.9 Å². The first-order chi connectivity index (χ1) is 14.4. The number of nitrogens with zero attached hydrogens (tertiary/aromatic N) is 1. The predicted octanol–water partition coefficient (Wildman–Crippen LogP) is 3.85. The molecule has 0 aliphatic carbocycles. The van der Waals surface area contributed by atoms with Crippen molar-refractivity contribution in [1.82, 2.24) is 4.90 Å². The van der Waals surface area contributed by atoms with Gasteiger partial charge in [0.15, 0.2) is 5.78 Å². The molecule has 0 saturated carbocycles. The van der Waals surface area contributed by atoms with Gasteiger partial charge in [-0.2, -0.15) is 0 Å². The molecule has 2 aromatic rings. The zero-order chi connectivity index (χ0) is 21.8. The van der Waals surface area contributed by atoms with E-state index in [4.69, 9.17) is 9.47 Å². The van der Waals surface area contributed by atoms with Crippen LogP contribution in [0.15, 0.2) is 40.9 Å². The highest BCUT2D eigenvalue weighted by molar-refractivity contribution is 9.10. The number of methoxy groups -OCH3 is 2. The number of carbonyl (C=O) groups is 1. The number of likely N-dealkylation sites (tertiary alicyclic amines) is 1. The molecule has 2 unspecified atom stereocenters. The van der Waals surface area contributed by atoms with Crippen molar-refractivity contribution < 1.29 is 24.5 Å². The van der Waals surface area contributed by atoms with Crippen LogP contribution in [0.2, 0.25) is 0 Å². The van der Waals surface area contributed by atoms with E-state index in [9.17, 15) is 15.0 Å². The molecule has 2 N–H and O–H groups in total. The van der Waals surface area contributed by atoms with Crippen molar-refractivity contribution in [2.75, 3.05) is 34.4 Å². The first-order valence-corrected chi connectivity index (χ1v) is 10.5. The van der Waals surface area contributed by atoms with Crippen LogP contribution in [0.5, 0.6) is 17.2 Å². The van der Waals surface area contributed by atoms with Gasteiger partial charge >= 0.3 is 0 Å². The summed E-state index contributed by atoms with van der Waals surface area (Å²) >= 11 is 3.41. The highest BCUT2D eigenvalue weighted by atomic mass is 79.9. The van der Waals surface area contributed by atoms with Gasteiger partial charge in [-0.05, 0) is 43.8 Å². The Bertz CT molecular complexity index is 959. The van der Waals surface area contributed by atoms with Crippen LogP contribution in [0.3, 0.4) is 0 Å². The van der Waals surface area contributed by atoms with Gasteiger partial charge < -0.3 is 24.6 Å². The van der Waals surface area contributed by atoms with E-state index in [-0.39, 0.29) is 41.4 Å². The number of likely N-dealkylation sites (N-methyl/N-ethyl adjacent to an activating group) is 1. The minimum Gasteiger partial charge on any atom is -0.507 e. The number of aromatic hydroxyl groups is 1. The number of allylic oxidation sites excluding steroid dienone is 1. The topological polar surface area (TPSA) is 79.2 Å². The molecule has 1 fully saturated rings. The fraction of sp³-hybridized carbons (Fsp3) is 0.348. The van der Waals surface area contributed by atoms with Crippen LogP contribution in [0.1, 0.15) is 33.8 Å². The molecule has 1 aliphatic heterocycles. The number of benzene rings is 2. The molecule has 7 heteroatoms. The van der Waals surface area contributed by atoms with Gasteiger partial charge in [-0.3, -0.25) is 4.79 Å². The van der Waals surface area contributed by atoms with E-state index in [1.54, 1.807) is 12.1 Å². The van der Waals surface area contributed by atoms with Gasteiger partial charge in [-0.15, -0.1) is 0 Å².